The van der Waals surface area contributed by atoms with Gasteiger partial charge >= 0.3 is 0 Å². The molecule has 2 aromatic rings. The Hall–Kier alpha value is -2.37. The molecule has 3 rings (SSSR count). The fourth-order valence-corrected chi connectivity index (χ4v) is 2.49. The summed E-state index contributed by atoms with van der Waals surface area (Å²) in [6, 6.07) is 3.10. The standard InChI is InChI=1S/C15H17FN4O/c1-9(11-7-17-20(2)8-11)18-14-5-10-3-4-15(21)19-13(10)6-12(14)16/h5-9,18H,3-4H2,1-2H3,(H,19,21). The van der Waals surface area contributed by atoms with Crippen LogP contribution in [0.4, 0.5) is 15.8 Å². The Bertz CT molecular complexity index is 695. The molecule has 0 fully saturated rings. The Morgan fingerprint density at radius 2 is 2.24 bits per heavy atom. The number of rotatable bonds is 3. The third-order valence-corrected chi connectivity index (χ3v) is 3.69. The van der Waals surface area contributed by atoms with Crippen molar-refractivity contribution in [3.63, 3.8) is 0 Å². The minimum absolute atomic E-state index is 0.0515. The van der Waals surface area contributed by atoms with Gasteiger partial charge in [-0.1, -0.05) is 0 Å². The van der Waals surface area contributed by atoms with Crippen LogP contribution in [0.25, 0.3) is 0 Å². The average molecular weight is 288 g/mol. The first-order valence-corrected chi connectivity index (χ1v) is 6.90. The molecule has 2 heterocycles. The molecular weight excluding hydrogens is 271 g/mol. The third kappa shape index (κ3) is 2.74. The Balaban J connectivity index is 1.84. The highest BCUT2D eigenvalue weighted by Gasteiger charge is 2.18. The molecule has 5 nitrogen and oxygen atoms in total. The molecule has 1 unspecified atom stereocenters. The van der Waals surface area contributed by atoms with Gasteiger partial charge in [0, 0.05) is 30.9 Å². The number of fused-ring (bicyclic) bond motifs is 1. The van der Waals surface area contributed by atoms with Gasteiger partial charge in [-0.05, 0) is 31.0 Å². The van der Waals surface area contributed by atoms with Crippen LogP contribution in [0.3, 0.4) is 0 Å². The van der Waals surface area contributed by atoms with Crippen LogP contribution in [0.2, 0.25) is 0 Å². The Labute approximate surface area is 122 Å². The van der Waals surface area contributed by atoms with Crippen LogP contribution in [-0.2, 0) is 18.3 Å². The van der Waals surface area contributed by atoms with E-state index in [1.165, 1.54) is 6.07 Å². The molecule has 1 aromatic carbocycles. The third-order valence-electron chi connectivity index (χ3n) is 3.69. The highest BCUT2D eigenvalue weighted by Crippen LogP contribution is 2.30. The molecule has 1 aliphatic heterocycles. The summed E-state index contributed by atoms with van der Waals surface area (Å²) in [6.45, 7) is 1.96. The largest absolute Gasteiger partial charge is 0.376 e. The van der Waals surface area contributed by atoms with Gasteiger partial charge in [0.1, 0.15) is 5.82 Å². The van der Waals surface area contributed by atoms with Gasteiger partial charge in [-0.15, -0.1) is 0 Å². The van der Waals surface area contributed by atoms with Gasteiger partial charge in [0.05, 0.1) is 17.9 Å². The first-order chi connectivity index (χ1) is 10.0. The van der Waals surface area contributed by atoms with Gasteiger partial charge in [-0.3, -0.25) is 9.48 Å². The minimum atomic E-state index is -0.369. The summed E-state index contributed by atoms with van der Waals surface area (Å²) in [6.07, 6.45) is 4.73. The molecule has 0 spiro atoms. The zero-order chi connectivity index (χ0) is 15.0. The fraction of sp³-hybridized carbons (Fsp3) is 0.333. The second kappa shape index (κ2) is 5.20. The van der Waals surface area contributed by atoms with Crippen molar-refractivity contribution in [3.8, 4) is 0 Å². The van der Waals surface area contributed by atoms with Gasteiger partial charge in [0.15, 0.2) is 0 Å². The van der Waals surface area contributed by atoms with E-state index in [2.05, 4.69) is 15.7 Å². The predicted molar refractivity (Wildman–Crippen MR) is 78.6 cm³/mol. The van der Waals surface area contributed by atoms with E-state index >= 15 is 0 Å². The monoisotopic (exact) mass is 288 g/mol. The SMILES string of the molecule is CC(Nc1cc2c(cc1F)NC(=O)CC2)c1cnn(C)c1. The molecule has 1 atom stereocenters. The number of aryl methyl sites for hydroxylation is 2. The molecule has 1 aromatic heterocycles. The van der Waals surface area contributed by atoms with Gasteiger partial charge in [0.25, 0.3) is 0 Å². The molecule has 0 aliphatic carbocycles. The van der Waals surface area contributed by atoms with Gasteiger partial charge in [0.2, 0.25) is 5.91 Å². The zero-order valence-electron chi connectivity index (χ0n) is 12.0. The maximum atomic E-state index is 14.2. The van der Waals surface area contributed by atoms with Gasteiger partial charge < -0.3 is 10.6 Å². The maximum Gasteiger partial charge on any atom is 0.224 e. The van der Waals surface area contributed by atoms with E-state index in [9.17, 15) is 9.18 Å². The van der Waals surface area contributed by atoms with Crippen molar-refractivity contribution in [1.82, 2.24) is 9.78 Å². The summed E-state index contributed by atoms with van der Waals surface area (Å²) >= 11 is 0. The molecule has 0 saturated heterocycles. The smallest absolute Gasteiger partial charge is 0.224 e. The average Bonchev–Trinajstić information content (AvgIpc) is 2.86. The molecule has 1 aliphatic rings. The Kier molecular flexibility index (Phi) is 3.37. The number of carbonyl (C=O) groups excluding carboxylic acids is 1. The lowest BCUT2D eigenvalue weighted by Gasteiger charge is -2.20. The lowest BCUT2D eigenvalue weighted by atomic mass is 10.0. The van der Waals surface area contributed by atoms with Crippen molar-refractivity contribution in [1.29, 1.82) is 0 Å². The summed E-state index contributed by atoms with van der Waals surface area (Å²) < 4.78 is 15.9. The fourth-order valence-electron chi connectivity index (χ4n) is 2.49. The number of nitrogens with one attached hydrogen (secondary N) is 2. The van der Waals surface area contributed by atoms with Crippen LogP contribution >= 0.6 is 0 Å². The molecule has 0 bridgehead atoms. The molecular formula is C15H17FN4O. The van der Waals surface area contributed by atoms with E-state index in [1.54, 1.807) is 16.9 Å². The number of hydrogen-bond donors (Lipinski definition) is 2. The maximum absolute atomic E-state index is 14.2. The number of aromatic nitrogens is 2. The number of halogens is 1. The molecule has 110 valence electrons. The van der Waals surface area contributed by atoms with E-state index in [0.717, 1.165) is 11.1 Å². The van der Waals surface area contributed by atoms with Crippen LogP contribution < -0.4 is 10.6 Å². The number of nitrogens with zero attached hydrogens (tertiary/aromatic N) is 2. The number of carbonyl (C=O) groups is 1. The lowest BCUT2D eigenvalue weighted by molar-refractivity contribution is -0.116. The van der Waals surface area contributed by atoms with E-state index in [-0.39, 0.29) is 17.8 Å². The van der Waals surface area contributed by atoms with Crippen molar-refractivity contribution in [2.24, 2.45) is 7.05 Å². The number of anilines is 2. The number of benzene rings is 1. The molecule has 21 heavy (non-hydrogen) atoms. The van der Waals surface area contributed by atoms with E-state index in [4.69, 9.17) is 0 Å². The first-order valence-electron chi connectivity index (χ1n) is 6.90. The highest BCUT2D eigenvalue weighted by molar-refractivity contribution is 5.94. The van der Waals surface area contributed by atoms with Crippen molar-refractivity contribution in [2.45, 2.75) is 25.8 Å². The van der Waals surface area contributed by atoms with E-state index in [0.29, 0.717) is 24.2 Å². The van der Waals surface area contributed by atoms with E-state index in [1.807, 2.05) is 20.2 Å². The highest BCUT2D eigenvalue weighted by atomic mass is 19.1. The second-order valence-electron chi connectivity index (χ2n) is 5.35. The van der Waals surface area contributed by atoms with E-state index < -0.39 is 0 Å². The molecule has 2 N–H and O–H groups in total. The normalized spacial score (nSPS) is 15.3. The van der Waals surface area contributed by atoms with Crippen LogP contribution in [0.1, 0.15) is 30.5 Å². The Morgan fingerprint density at radius 1 is 1.43 bits per heavy atom. The number of amides is 1. The van der Waals surface area contributed by atoms with Crippen LogP contribution in [-0.4, -0.2) is 15.7 Å². The second-order valence-corrected chi connectivity index (χ2v) is 5.35. The minimum Gasteiger partial charge on any atom is -0.376 e. The van der Waals surface area contributed by atoms with Gasteiger partial charge in [-0.2, -0.15) is 5.10 Å². The Morgan fingerprint density at radius 3 is 2.95 bits per heavy atom. The summed E-state index contributed by atoms with van der Waals surface area (Å²) in [4.78, 5) is 11.3. The lowest BCUT2D eigenvalue weighted by Crippen LogP contribution is -2.19. The predicted octanol–water partition coefficient (Wildman–Crippen LogP) is 2.62. The van der Waals surface area contributed by atoms with Crippen LogP contribution in [0, 0.1) is 5.82 Å². The molecule has 6 heteroatoms. The van der Waals surface area contributed by atoms with Crippen molar-refractivity contribution in [2.75, 3.05) is 10.6 Å². The zero-order valence-corrected chi connectivity index (χ0v) is 12.0. The van der Waals surface area contributed by atoms with Crippen molar-refractivity contribution >= 4 is 17.3 Å². The van der Waals surface area contributed by atoms with Crippen LogP contribution in [0.15, 0.2) is 24.5 Å². The summed E-state index contributed by atoms with van der Waals surface area (Å²) in [5.74, 6) is -0.432. The topological polar surface area (TPSA) is 58.9 Å². The van der Waals surface area contributed by atoms with Gasteiger partial charge in [-0.25, -0.2) is 4.39 Å². The number of hydrogen-bond acceptors (Lipinski definition) is 3. The van der Waals surface area contributed by atoms with Crippen LogP contribution in [0.5, 0.6) is 0 Å². The summed E-state index contributed by atoms with van der Waals surface area (Å²) in [7, 11) is 1.85. The summed E-state index contributed by atoms with van der Waals surface area (Å²) in [5.41, 5.74) is 2.96. The van der Waals surface area contributed by atoms with Crippen molar-refractivity contribution < 1.29 is 9.18 Å². The summed E-state index contributed by atoms with van der Waals surface area (Å²) in [5, 5.41) is 9.97. The molecule has 0 radical (unpaired) electrons. The van der Waals surface area contributed by atoms with Crippen molar-refractivity contribution in [3.05, 3.63) is 41.5 Å². The first kappa shape index (κ1) is 13.6. The molecule has 0 saturated carbocycles. The quantitative estimate of drug-likeness (QED) is 0.912. The molecule has 1 amide bonds.